The first-order valence-corrected chi connectivity index (χ1v) is 7.77. The smallest absolute Gasteiger partial charge is 0.312 e. The molecule has 0 saturated carbocycles. The van der Waals surface area contributed by atoms with E-state index in [0.29, 0.717) is 11.6 Å². The van der Waals surface area contributed by atoms with Gasteiger partial charge in [0, 0.05) is 17.6 Å². The minimum atomic E-state index is -0.555. The van der Waals surface area contributed by atoms with Crippen molar-refractivity contribution in [2.45, 2.75) is 52.6 Å². The van der Waals surface area contributed by atoms with Crippen molar-refractivity contribution in [3.05, 3.63) is 35.9 Å². The highest BCUT2D eigenvalue weighted by Crippen LogP contribution is 1.99. The Balaban J connectivity index is 0. The maximum atomic E-state index is 10.8. The van der Waals surface area contributed by atoms with E-state index in [1.165, 1.54) is 6.08 Å². The van der Waals surface area contributed by atoms with Crippen LogP contribution in [-0.4, -0.2) is 30.1 Å². The minimum Gasteiger partial charge on any atom is -0.352 e. The lowest BCUT2D eigenvalue weighted by Gasteiger charge is -2.06. The van der Waals surface area contributed by atoms with Crippen molar-refractivity contribution in [2.75, 3.05) is 0 Å². The highest BCUT2D eigenvalue weighted by atomic mass is 16.2. The van der Waals surface area contributed by atoms with Crippen LogP contribution >= 0.6 is 0 Å². The first kappa shape index (κ1) is 23.8. The molecule has 0 fully saturated rings. The molecule has 0 bridgehead atoms. The summed E-state index contributed by atoms with van der Waals surface area (Å²) in [4.78, 5) is 33.5. The van der Waals surface area contributed by atoms with Crippen LogP contribution in [0.15, 0.2) is 35.3 Å². The Morgan fingerprint density at radius 3 is 1.96 bits per heavy atom. The van der Waals surface area contributed by atoms with E-state index < -0.39 is 11.9 Å². The summed E-state index contributed by atoms with van der Waals surface area (Å²) in [5.41, 5.74) is 10.5. The molecule has 7 nitrogen and oxygen atoms in total. The lowest BCUT2D eigenvalue weighted by Crippen LogP contribution is -2.36. The first-order valence-electron chi connectivity index (χ1n) is 7.77. The lowest BCUT2D eigenvalue weighted by molar-refractivity contribution is 0.100. The molecule has 0 spiro atoms. The number of rotatable bonds is 4. The SMILES string of the molecule is CC[C@@H](C)N.CC[C@@H](C)NC(N)=O.O=C=NC(=O)c1ccccc1. The molecular weight excluding hydrogens is 308 g/mol. The van der Waals surface area contributed by atoms with Crippen molar-refractivity contribution in [1.82, 2.24) is 5.32 Å². The monoisotopic (exact) mass is 336 g/mol. The summed E-state index contributed by atoms with van der Waals surface area (Å²) in [6.07, 6.45) is 3.19. The van der Waals surface area contributed by atoms with Crippen LogP contribution in [0.25, 0.3) is 0 Å². The highest BCUT2D eigenvalue weighted by molar-refractivity contribution is 5.97. The van der Waals surface area contributed by atoms with Gasteiger partial charge in [0.1, 0.15) is 0 Å². The van der Waals surface area contributed by atoms with Crippen LogP contribution in [0.2, 0.25) is 0 Å². The second-order valence-corrected chi connectivity index (χ2v) is 5.08. The Hall–Kier alpha value is -2.50. The van der Waals surface area contributed by atoms with Crippen molar-refractivity contribution in [3.63, 3.8) is 0 Å². The largest absolute Gasteiger partial charge is 0.352 e. The van der Waals surface area contributed by atoms with Crippen molar-refractivity contribution in [2.24, 2.45) is 16.5 Å². The Kier molecular flexibility index (Phi) is 15.2. The molecule has 3 amide bonds. The third-order valence-corrected chi connectivity index (χ3v) is 2.81. The molecule has 0 aliphatic carbocycles. The van der Waals surface area contributed by atoms with E-state index in [0.717, 1.165) is 12.8 Å². The molecule has 24 heavy (non-hydrogen) atoms. The zero-order valence-corrected chi connectivity index (χ0v) is 14.8. The molecule has 0 aromatic heterocycles. The fraction of sp³-hybridized carbons (Fsp3) is 0.471. The third-order valence-electron chi connectivity index (χ3n) is 2.81. The number of nitrogens with zero attached hydrogens (tertiary/aromatic N) is 1. The average Bonchev–Trinajstić information content (AvgIpc) is 2.56. The van der Waals surface area contributed by atoms with Gasteiger partial charge in [-0.3, -0.25) is 4.79 Å². The van der Waals surface area contributed by atoms with Gasteiger partial charge in [-0.05, 0) is 38.8 Å². The first-order chi connectivity index (χ1) is 11.3. The quantitative estimate of drug-likeness (QED) is 0.576. The molecule has 0 aliphatic rings. The summed E-state index contributed by atoms with van der Waals surface area (Å²) in [6.45, 7) is 7.97. The third kappa shape index (κ3) is 15.9. The molecule has 0 unspecified atom stereocenters. The molecule has 134 valence electrons. The molecule has 1 aromatic rings. The van der Waals surface area contributed by atoms with Gasteiger partial charge in [-0.25, -0.2) is 9.59 Å². The number of hydrogen-bond donors (Lipinski definition) is 3. The molecule has 2 atom stereocenters. The predicted octanol–water partition coefficient (Wildman–Crippen LogP) is 2.36. The number of nitrogens with two attached hydrogens (primary N) is 2. The van der Waals surface area contributed by atoms with Crippen LogP contribution in [0.3, 0.4) is 0 Å². The Bertz CT molecular complexity index is 512. The Morgan fingerprint density at radius 1 is 1.17 bits per heavy atom. The van der Waals surface area contributed by atoms with Gasteiger partial charge in [0.05, 0.1) is 0 Å². The van der Waals surface area contributed by atoms with E-state index in [-0.39, 0.29) is 6.04 Å². The fourth-order valence-corrected chi connectivity index (χ4v) is 1.03. The van der Waals surface area contributed by atoms with Gasteiger partial charge in [0.2, 0.25) is 6.08 Å². The summed E-state index contributed by atoms with van der Waals surface area (Å²) in [5.74, 6) is -0.555. The van der Waals surface area contributed by atoms with Crippen LogP contribution in [0.4, 0.5) is 4.79 Å². The number of urea groups is 1. The topological polar surface area (TPSA) is 128 Å². The second-order valence-electron chi connectivity index (χ2n) is 5.08. The standard InChI is InChI=1S/C8H5NO2.C5H12N2O.C4H11N/c10-6-9-8(11)7-4-2-1-3-5-7;1-3-4(2)7-5(6)8;1-3-4(2)5/h1-5H;4H,3H2,1-2H3,(H3,6,7,8);4H,3,5H2,1-2H3/t;2*4-/m.11/s1. The van der Waals surface area contributed by atoms with Gasteiger partial charge in [0.15, 0.2) is 0 Å². The van der Waals surface area contributed by atoms with Gasteiger partial charge in [-0.1, -0.05) is 32.0 Å². The van der Waals surface area contributed by atoms with Crippen molar-refractivity contribution in [3.8, 4) is 0 Å². The van der Waals surface area contributed by atoms with Crippen molar-refractivity contribution in [1.29, 1.82) is 0 Å². The molecule has 0 heterocycles. The molecule has 1 rings (SSSR count). The molecule has 5 N–H and O–H groups in total. The Morgan fingerprint density at radius 2 is 1.67 bits per heavy atom. The van der Waals surface area contributed by atoms with Crippen molar-refractivity contribution >= 4 is 18.0 Å². The summed E-state index contributed by atoms with van der Waals surface area (Å²) in [7, 11) is 0. The number of primary amides is 1. The predicted molar refractivity (Wildman–Crippen MR) is 95.3 cm³/mol. The maximum absolute atomic E-state index is 10.8. The number of carbonyl (C=O) groups is 2. The van der Waals surface area contributed by atoms with E-state index in [2.05, 4.69) is 17.2 Å². The fourth-order valence-electron chi connectivity index (χ4n) is 1.03. The number of amides is 3. The number of carbonyl (C=O) groups excluding carboxylic acids is 3. The average molecular weight is 336 g/mol. The zero-order valence-electron chi connectivity index (χ0n) is 14.8. The number of aliphatic imine (C=N–C) groups is 1. The van der Waals surface area contributed by atoms with E-state index in [4.69, 9.17) is 11.5 Å². The van der Waals surface area contributed by atoms with Crippen LogP contribution in [0, 0.1) is 0 Å². The lowest BCUT2D eigenvalue weighted by atomic mass is 10.2. The van der Waals surface area contributed by atoms with Crippen LogP contribution in [0.5, 0.6) is 0 Å². The molecular formula is C17H28N4O3. The van der Waals surface area contributed by atoms with E-state index in [1.54, 1.807) is 30.3 Å². The molecule has 1 aromatic carbocycles. The van der Waals surface area contributed by atoms with E-state index in [1.807, 2.05) is 20.8 Å². The van der Waals surface area contributed by atoms with Gasteiger partial charge < -0.3 is 16.8 Å². The highest BCUT2D eigenvalue weighted by Gasteiger charge is 1.99. The van der Waals surface area contributed by atoms with Crippen molar-refractivity contribution < 1.29 is 14.4 Å². The Labute approximate surface area is 143 Å². The second kappa shape index (κ2) is 15.4. The number of benzene rings is 1. The maximum Gasteiger partial charge on any atom is 0.312 e. The summed E-state index contributed by atoms with van der Waals surface area (Å²) in [5, 5.41) is 2.53. The van der Waals surface area contributed by atoms with Gasteiger partial charge in [-0.15, -0.1) is 4.99 Å². The summed E-state index contributed by atoms with van der Waals surface area (Å²) in [6, 6.07) is 8.50. The molecule has 7 heteroatoms. The number of isocyanates is 1. The summed E-state index contributed by atoms with van der Waals surface area (Å²) >= 11 is 0. The summed E-state index contributed by atoms with van der Waals surface area (Å²) < 4.78 is 0. The minimum absolute atomic E-state index is 0.201. The normalized spacial score (nSPS) is 11.2. The van der Waals surface area contributed by atoms with Crippen LogP contribution in [0.1, 0.15) is 50.9 Å². The van der Waals surface area contributed by atoms with Gasteiger partial charge in [0.25, 0.3) is 5.91 Å². The van der Waals surface area contributed by atoms with Crippen LogP contribution < -0.4 is 16.8 Å². The molecule has 0 aliphatic heterocycles. The molecule has 0 saturated heterocycles. The van der Waals surface area contributed by atoms with Crippen LogP contribution in [-0.2, 0) is 4.79 Å². The zero-order chi connectivity index (χ0) is 19.0. The number of hydrogen-bond acceptors (Lipinski definition) is 4. The van der Waals surface area contributed by atoms with E-state index >= 15 is 0 Å². The van der Waals surface area contributed by atoms with Gasteiger partial charge >= 0.3 is 6.03 Å². The van der Waals surface area contributed by atoms with E-state index in [9.17, 15) is 14.4 Å². The number of nitrogens with one attached hydrogen (secondary N) is 1. The van der Waals surface area contributed by atoms with Gasteiger partial charge in [-0.2, -0.15) is 0 Å². The molecule has 0 radical (unpaired) electrons.